The fraction of sp³-hybridized carbons (Fsp3) is 0.462. The predicted molar refractivity (Wildman–Crippen MR) is 128 cm³/mol. The SMILES string of the molecule is C[C@@H](NC(=O)C[C@@H]1CC[C@H]2[C@@H](COC[C@@H](O)CN2C(=O)Nc2ccccc2)O1)c1ccccc1. The van der Waals surface area contributed by atoms with Crippen LogP contribution in [0.3, 0.4) is 0 Å². The zero-order valence-electron chi connectivity index (χ0n) is 19.4. The van der Waals surface area contributed by atoms with Gasteiger partial charge < -0.3 is 30.1 Å². The molecule has 4 rings (SSSR count). The van der Waals surface area contributed by atoms with Crippen LogP contribution in [0.1, 0.15) is 37.8 Å². The van der Waals surface area contributed by atoms with Crippen LogP contribution >= 0.6 is 0 Å². The molecule has 2 aromatic carbocycles. The molecule has 8 heteroatoms. The minimum Gasteiger partial charge on any atom is -0.389 e. The summed E-state index contributed by atoms with van der Waals surface area (Å²) in [6.07, 6.45) is 0.155. The van der Waals surface area contributed by atoms with Gasteiger partial charge in [-0.3, -0.25) is 4.79 Å². The Morgan fingerprint density at radius 1 is 1.06 bits per heavy atom. The highest BCUT2D eigenvalue weighted by molar-refractivity contribution is 5.89. The summed E-state index contributed by atoms with van der Waals surface area (Å²) in [6, 6.07) is 18.4. The first-order valence-electron chi connectivity index (χ1n) is 11.9. The lowest BCUT2D eigenvalue weighted by atomic mass is 9.94. The van der Waals surface area contributed by atoms with Crippen molar-refractivity contribution in [3.05, 3.63) is 66.2 Å². The molecule has 0 radical (unpaired) electrons. The number of nitrogens with zero attached hydrogens (tertiary/aromatic N) is 1. The number of carbonyl (C=O) groups excluding carboxylic acids is 2. The largest absolute Gasteiger partial charge is 0.389 e. The number of ether oxygens (including phenoxy) is 2. The average molecular weight is 468 g/mol. The van der Waals surface area contributed by atoms with E-state index in [9.17, 15) is 14.7 Å². The highest BCUT2D eigenvalue weighted by atomic mass is 16.5. The molecule has 2 aliphatic heterocycles. The lowest BCUT2D eigenvalue weighted by molar-refractivity contribution is -0.150. The summed E-state index contributed by atoms with van der Waals surface area (Å²) in [7, 11) is 0. The van der Waals surface area contributed by atoms with Gasteiger partial charge in [0, 0.05) is 5.69 Å². The van der Waals surface area contributed by atoms with Gasteiger partial charge in [-0.1, -0.05) is 48.5 Å². The van der Waals surface area contributed by atoms with Crippen molar-refractivity contribution in [2.24, 2.45) is 0 Å². The smallest absolute Gasteiger partial charge is 0.322 e. The van der Waals surface area contributed by atoms with E-state index < -0.39 is 6.10 Å². The summed E-state index contributed by atoms with van der Waals surface area (Å²) in [6.45, 7) is 2.50. The van der Waals surface area contributed by atoms with Crippen LogP contribution in [0.15, 0.2) is 60.7 Å². The Balaban J connectivity index is 1.37. The minimum atomic E-state index is -0.773. The van der Waals surface area contributed by atoms with Crippen LogP contribution in [0.4, 0.5) is 10.5 Å². The molecule has 34 heavy (non-hydrogen) atoms. The van der Waals surface area contributed by atoms with Gasteiger partial charge >= 0.3 is 6.03 Å². The van der Waals surface area contributed by atoms with Crippen molar-refractivity contribution in [2.45, 2.75) is 56.6 Å². The Morgan fingerprint density at radius 2 is 1.76 bits per heavy atom. The number of hydrogen-bond donors (Lipinski definition) is 3. The molecule has 2 fully saturated rings. The zero-order chi connectivity index (χ0) is 23.9. The number of anilines is 1. The second kappa shape index (κ2) is 11.5. The molecule has 8 nitrogen and oxygen atoms in total. The Morgan fingerprint density at radius 3 is 2.50 bits per heavy atom. The maximum Gasteiger partial charge on any atom is 0.322 e. The molecular weight excluding hydrogens is 434 g/mol. The summed E-state index contributed by atoms with van der Waals surface area (Å²) in [5.41, 5.74) is 1.74. The third kappa shape index (κ3) is 6.34. The van der Waals surface area contributed by atoms with Crippen LogP contribution in [-0.4, -0.2) is 66.1 Å². The van der Waals surface area contributed by atoms with Crippen molar-refractivity contribution in [1.82, 2.24) is 10.2 Å². The number of benzene rings is 2. The number of hydrogen-bond acceptors (Lipinski definition) is 5. The van der Waals surface area contributed by atoms with E-state index in [0.29, 0.717) is 18.5 Å². The first-order chi connectivity index (χ1) is 16.5. The molecule has 0 aromatic heterocycles. The van der Waals surface area contributed by atoms with Crippen molar-refractivity contribution < 1.29 is 24.2 Å². The molecule has 5 atom stereocenters. The van der Waals surface area contributed by atoms with Crippen molar-refractivity contribution in [2.75, 3.05) is 25.1 Å². The molecule has 2 saturated heterocycles. The van der Waals surface area contributed by atoms with Gasteiger partial charge in [0.1, 0.15) is 6.10 Å². The maximum absolute atomic E-state index is 13.1. The second-order valence-electron chi connectivity index (χ2n) is 8.99. The second-order valence-corrected chi connectivity index (χ2v) is 8.99. The first kappa shape index (κ1) is 24.2. The molecule has 0 spiro atoms. The molecule has 0 bridgehead atoms. The van der Waals surface area contributed by atoms with Gasteiger partial charge in [0.05, 0.1) is 50.5 Å². The molecule has 3 amide bonds. The lowest BCUT2D eigenvalue weighted by Gasteiger charge is -2.44. The summed E-state index contributed by atoms with van der Waals surface area (Å²) in [5, 5.41) is 16.2. The van der Waals surface area contributed by atoms with Gasteiger partial charge in [-0.05, 0) is 37.5 Å². The van der Waals surface area contributed by atoms with E-state index in [4.69, 9.17) is 9.47 Å². The van der Waals surface area contributed by atoms with Crippen molar-refractivity contribution in [3.8, 4) is 0 Å². The number of amides is 3. The van der Waals surface area contributed by atoms with E-state index in [1.807, 2.05) is 67.6 Å². The van der Waals surface area contributed by atoms with Gasteiger partial charge in [0.25, 0.3) is 0 Å². The van der Waals surface area contributed by atoms with Gasteiger partial charge in [-0.25, -0.2) is 4.79 Å². The standard InChI is InChI=1S/C26H33N3O5/c1-18(19-8-4-2-5-9-19)27-25(31)14-22-12-13-23-24(34-22)17-33-16-21(30)15-29(23)26(32)28-20-10-6-3-7-11-20/h2-11,18,21-24,30H,12-17H2,1H3,(H,27,31)(H,28,32)/t18-,21+,22+,23+,24-/m1/s1. The number of urea groups is 1. The van der Waals surface area contributed by atoms with Crippen LogP contribution in [0.5, 0.6) is 0 Å². The number of carbonyl (C=O) groups is 2. The lowest BCUT2D eigenvalue weighted by Crippen LogP contribution is -2.58. The van der Waals surface area contributed by atoms with Gasteiger partial charge in [-0.2, -0.15) is 0 Å². The molecule has 0 saturated carbocycles. The molecule has 2 aromatic rings. The quantitative estimate of drug-likeness (QED) is 0.628. The molecular formula is C26H33N3O5. The third-order valence-corrected chi connectivity index (χ3v) is 6.36. The maximum atomic E-state index is 13.1. The molecule has 2 aliphatic rings. The van der Waals surface area contributed by atoms with E-state index in [2.05, 4.69) is 10.6 Å². The minimum absolute atomic E-state index is 0.0688. The first-order valence-corrected chi connectivity index (χ1v) is 11.9. The number of para-hydroxylation sites is 1. The Labute approximate surface area is 200 Å². The summed E-state index contributed by atoms with van der Waals surface area (Å²) in [5.74, 6) is -0.0688. The van der Waals surface area contributed by atoms with Crippen LogP contribution in [0.25, 0.3) is 0 Å². The predicted octanol–water partition coefficient (Wildman–Crippen LogP) is 3.10. The highest BCUT2D eigenvalue weighted by Crippen LogP contribution is 2.28. The summed E-state index contributed by atoms with van der Waals surface area (Å²) < 4.78 is 11.9. The third-order valence-electron chi connectivity index (χ3n) is 6.36. The van der Waals surface area contributed by atoms with Crippen LogP contribution < -0.4 is 10.6 Å². The van der Waals surface area contributed by atoms with Crippen LogP contribution in [0.2, 0.25) is 0 Å². The molecule has 2 heterocycles. The Bertz CT molecular complexity index is 942. The fourth-order valence-electron chi connectivity index (χ4n) is 4.62. The molecule has 0 unspecified atom stereocenters. The molecule has 0 aliphatic carbocycles. The molecule has 3 N–H and O–H groups in total. The summed E-state index contributed by atoms with van der Waals surface area (Å²) in [4.78, 5) is 27.4. The van der Waals surface area contributed by atoms with Gasteiger partial charge in [-0.15, -0.1) is 0 Å². The van der Waals surface area contributed by atoms with Gasteiger partial charge in [0.15, 0.2) is 0 Å². The monoisotopic (exact) mass is 467 g/mol. The van der Waals surface area contributed by atoms with E-state index >= 15 is 0 Å². The topological polar surface area (TPSA) is 100 Å². The number of aliphatic hydroxyl groups is 1. The van der Waals surface area contributed by atoms with Crippen molar-refractivity contribution in [3.63, 3.8) is 0 Å². The zero-order valence-corrected chi connectivity index (χ0v) is 19.4. The summed E-state index contributed by atoms with van der Waals surface area (Å²) >= 11 is 0. The number of nitrogens with one attached hydrogen (secondary N) is 2. The Kier molecular flexibility index (Phi) is 8.16. The Hall–Kier alpha value is -2.94. The van der Waals surface area contributed by atoms with Crippen LogP contribution in [0, 0.1) is 0 Å². The number of aliphatic hydroxyl groups excluding tert-OH is 1. The van der Waals surface area contributed by atoms with Crippen LogP contribution in [-0.2, 0) is 14.3 Å². The fourth-order valence-corrected chi connectivity index (χ4v) is 4.62. The average Bonchev–Trinajstić information content (AvgIpc) is 2.83. The normalized spacial score (nSPS) is 25.9. The van der Waals surface area contributed by atoms with E-state index in [-0.39, 0.29) is 62.4 Å². The van der Waals surface area contributed by atoms with Crippen molar-refractivity contribution >= 4 is 17.6 Å². The molecule has 182 valence electrons. The number of rotatable bonds is 5. The van der Waals surface area contributed by atoms with Crippen molar-refractivity contribution in [1.29, 1.82) is 0 Å². The van der Waals surface area contributed by atoms with E-state index in [0.717, 1.165) is 5.56 Å². The van der Waals surface area contributed by atoms with E-state index in [1.54, 1.807) is 4.90 Å². The van der Waals surface area contributed by atoms with E-state index in [1.165, 1.54) is 0 Å². The number of fused-ring (bicyclic) bond motifs is 1. The highest BCUT2D eigenvalue weighted by Gasteiger charge is 2.40. The van der Waals surface area contributed by atoms with Gasteiger partial charge in [0.2, 0.25) is 5.91 Å². The number of β-amino-alcohol motifs (C(OH)–C–C–N with tert-alkyl or cyclic N) is 1.